The van der Waals surface area contributed by atoms with Crippen LogP contribution in [0.2, 0.25) is 0 Å². The SMILES string of the molecule is CCCC12C[NH+]3CC(C)(C[NH+](C1)C3c1ccccc1F)C2=O. The molecule has 4 bridgehead atoms. The van der Waals surface area contributed by atoms with Crippen LogP contribution in [0.15, 0.2) is 24.3 Å². The van der Waals surface area contributed by atoms with E-state index in [0.717, 1.165) is 44.6 Å². The standard InChI is InChI=1S/C18H23FN2O/c1-3-8-18-11-20-9-17(2,16(18)22)10-21(12-18)15(20)13-6-4-5-7-14(13)19/h4-7,15H,3,8-12H2,1-2H3/p+2. The van der Waals surface area contributed by atoms with E-state index in [4.69, 9.17) is 0 Å². The first-order valence-corrected chi connectivity index (χ1v) is 8.48. The number of carbonyl (C=O) groups excluding carboxylic acids is 1. The average molecular weight is 304 g/mol. The maximum Gasteiger partial charge on any atom is 0.243 e. The van der Waals surface area contributed by atoms with Crippen molar-refractivity contribution in [3.8, 4) is 0 Å². The van der Waals surface area contributed by atoms with Gasteiger partial charge in [0.1, 0.15) is 48.4 Å². The fraction of sp³-hybridized carbons (Fsp3) is 0.611. The summed E-state index contributed by atoms with van der Waals surface area (Å²) in [5, 5.41) is 0. The lowest BCUT2D eigenvalue weighted by atomic mass is 9.59. The molecule has 4 heterocycles. The van der Waals surface area contributed by atoms with Crippen LogP contribution in [-0.2, 0) is 4.79 Å². The number of rotatable bonds is 3. The Balaban J connectivity index is 1.75. The number of benzene rings is 1. The molecule has 0 aromatic heterocycles. The third-order valence-corrected chi connectivity index (χ3v) is 6.16. The number of piperidine rings is 2. The van der Waals surface area contributed by atoms with E-state index in [1.807, 2.05) is 12.1 Å². The molecule has 2 unspecified atom stereocenters. The van der Waals surface area contributed by atoms with Gasteiger partial charge >= 0.3 is 0 Å². The normalized spacial score (nSPS) is 42.9. The van der Waals surface area contributed by atoms with Crippen LogP contribution >= 0.6 is 0 Å². The van der Waals surface area contributed by atoms with Crippen LogP contribution in [0.5, 0.6) is 0 Å². The molecule has 2 atom stereocenters. The van der Waals surface area contributed by atoms with E-state index in [0.29, 0.717) is 5.78 Å². The summed E-state index contributed by atoms with van der Waals surface area (Å²) in [5.74, 6) is 0.391. The average Bonchev–Trinajstić information content (AvgIpc) is 2.45. The quantitative estimate of drug-likeness (QED) is 0.808. The number of nitrogens with one attached hydrogen (secondary N) is 2. The number of hydrogen-bond acceptors (Lipinski definition) is 1. The molecule has 2 N–H and O–H groups in total. The summed E-state index contributed by atoms with van der Waals surface area (Å²) in [5.41, 5.74) is 0.457. The fourth-order valence-corrected chi connectivity index (χ4v) is 5.70. The third kappa shape index (κ3) is 1.77. The predicted molar refractivity (Wildman–Crippen MR) is 81.0 cm³/mol. The minimum atomic E-state index is -0.210. The van der Waals surface area contributed by atoms with Crippen molar-refractivity contribution in [2.75, 3.05) is 26.2 Å². The van der Waals surface area contributed by atoms with E-state index < -0.39 is 0 Å². The van der Waals surface area contributed by atoms with Crippen molar-refractivity contribution < 1.29 is 19.0 Å². The van der Waals surface area contributed by atoms with Crippen LogP contribution in [0.25, 0.3) is 0 Å². The summed E-state index contributed by atoms with van der Waals surface area (Å²) in [7, 11) is 0. The van der Waals surface area contributed by atoms with Crippen LogP contribution in [0.1, 0.15) is 38.4 Å². The number of hydrogen-bond donors (Lipinski definition) is 2. The lowest BCUT2D eigenvalue weighted by Crippen LogP contribution is -3.41. The molecule has 4 aliphatic heterocycles. The van der Waals surface area contributed by atoms with E-state index in [9.17, 15) is 9.18 Å². The fourth-order valence-electron chi connectivity index (χ4n) is 5.70. The second kappa shape index (κ2) is 4.62. The van der Waals surface area contributed by atoms with Crippen molar-refractivity contribution in [1.82, 2.24) is 0 Å². The highest BCUT2D eigenvalue weighted by Crippen LogP contribution is 2.39. The molecule has 4 saturated heterocycles. The van der Waals surface area contributed by atoms with E-state index in [1.165, 1.54) is 9.80 Å². The van der Waals surface area contributed by atoms with Gasteiger partial charge in [-0.2, -0.15) is 0 Å². The highest BCUT2D eigenvalue weighted by molar-refractivity contribution is 5.91. The Morgan fingerprint density at radius 3 is 2.41 bits per heavy atom. The molecule has 0 saturated carbocycles. The highest BCUT2D eigenvalue weighted by atomic mass is 19.1. The molecule has 3 nitrogen and oxygen atoms in total. The van der Waals surface area contributed by atoms with Gasteiger partial charge in [0.25, 0.3) is 0 Å². The summed E-state index contributed by atoms with van der Waals surface area (Å²) in [6.07, 6.45) is 2.19. The third-order valence-electron chi connectivity index (χ3n) is 6.16. The van der Waals surface area contributed by atoms with E-state index in [2.05, 4.69) is 13.8 Å². The van der Waals surface area contributed by atoms with Crippen LogP contribution in [0.4, 0.5) is 4.39 Å². The minimum Gasteiger partial charge on any atom is -0.297 e. The Morgan fingerprint density at radius 1 is 1.18 bits per heavy atom. The van der Waals surface area contributed by atoms with Crippen molar-refractivity contribution in [1.29, 1.82) is 0 Å². The molecule has 118 valence electrons. The molecular weight excluding hydrogens is 279 g/mol. The number of carbonyl (C=O) groups is 1. The summed E-state index contributed by atoms with van der Waals surface area (Å²) >= 11 is 0. The summed E-state index contributed by atoms with van der Waals surface area (Å²) in [4.78, 5) is 15.8. The van der Waals surface area contributed by atoms with Crippen molar-refractivity contribution in [3.63, 3.8) is 0 Å². The summed E-state index contributed by atoms with van der Waals surface area (Å²) in [6, 6.07) is 7.18. The zero-order chi connectivity index (χ0) is 15.5. The Hall–Kier alpha value is -1.26. The van der Waals surface area contributed by atoms with Gasteiger partial charge in [-0.05, 0) is 25.5 Å². The first kappa shape index (κ1) is 14.3. The molecule has 0 radical (unpaired) electrons. The molecule has 22 heavy (non-hydrogen) atoms. The first-order chi connectivity index (χ1) is 10.5. The summed E-state index contributed by atoms with van der Waals surface area (Å²) < 4.78 is 14.3. The van der Waals surface area contributed by atoms with Gasteiger partial charge in [0.05, 0.1) is 0 Å². The number of quaternary nitrogens is 2. The predicted octanol–water partition coefficient (Wildman–Crippen LogP) is -0.00320. The molecule has 4 aliphatic rings. The number of halogens is 1. The Kier molecular flexibility index (Phi) is 3.01. The Morgan fingerprint density at radius 2 is 1.82 bits per heavy atom. The molecule has 0 amide bonds. The molecular formula is C18H25FN2O+2. The maximum atomic E-state index is 14.3. The van der Waals surface area contributed by atoms with Gasteiger partial charge in [-0.25, -0.2) is 4.39 Å². The first-order valence-electron chi connectivity index (χ1n) is 8.48. The smallest absolute Gasteiger partial charge is 0.243 e. The van der Waals surface area contributed by atoms with E-state index in [-0.39, 0.29) is 22.8 Å². The van der Waals surface area contributed by atoms with Crippen LogP contribution < -0.4 is 9.80 Å². The van der Waals surface area contributed by atoms with Gasteiger partial charge in [-0.3, -0.25) is 14.6 Å². The van der Waals surface area contributed by atoms with Gasteiger partial charge in [-0.1, -0.05) is 25.5 Å². The van der Waals surface area contributed by atoms with Crippen molar-refractivity contribution in [2.45, 2.75) is 32.9 Å². The van der Waals surface area contributed by atoms with Crippen molar-refractivity contribution >= 4 is 5.78 Å². The van der Waals surface area contributed by atoms with Gasteiger partial charge in [-0.15, -0.1) is 0 Å². The van der Waals surface area contributed by atoms with Crippen LogP contribution in [0.3, 0.4) is 0 Å². The highest BCUT2D eigenvalue weighted by Gasteiger charge is 2.69. The summed E-state index contributed by atoms with van der Waals surface area (Å²) in [6.45, 7) is 7.79. The maximum absolute atomic E-state index is 14.3. The van der Waals surface area contributed by atoms with Crippen LogP contribution in [0, 0.1) is 16.6 Å². The number of Topliss-reactive ketones (excluding diaryl/α,β-unsaturated/α-hetero) is 1. The van der Waals surface area contributed by atoms with Crippen LogP contribution in [-0.4, -0.2) is 32.0 Å². The van der Waals surface area contributed by atoms with E-state index in [1.54, 1.807) is 12.1 Å². The molecule has 4 heteroatoms. The van der Waals surface area contributed by atoms with E-state index >= 15 is 0 Å². The van der Waals surface area contributed by atoms with Gasteiger partial charge in [0.2, 0.25) is 6.17 Å². The topological polar surface area (TPSA) is 26.0 Å². The lowest BCUT2D eigenvalue weighted by Gasteiger charge is -2.59. The molecule has 1 aromatic carbocycles. The Labute approximate surface area is 131 Å². The molecule has 0 aliphatic carbocycles. The van der Waals surface area contributed by atoms with Gasteiger partial charge < -0.3 is 0 Å². The second-order valence-electron chi connectivity index (χ2n) is 7.90. The monoisotopic (exact) mass is 304 g/mol. The van der Waals surface area contributed by atoms with Crippen molar-refractivity contribution in [3.05, 3.63) is 35.6 Å². The largest absolute Gasteiger partial charge is 0.297 e. The molecule has 1 aromatic rings. The zero-order valence-electron chi connectivity index (χ0n) is 13.4. The van der Waals surface area contributed by atoms with Crippen molar-refractivity contribution in [2.24, 2.45) is 10.8 Å². The number of ketones is 1. The van der Waals surface area contributed by atoms with Gasteiger partial charge in [0, 0.05) is 0 Å². The van der Waals surface area contributed by atoms with Gasteiger partial charge in [0.15, 0.2) is 5.78 Å². The molecule has 4 fully saturated rings. The second-order valence-corrected chi connectivity index (χ2v) is 7.90. The minimum absolute atomic E-state index is 0.0963. The zero-order valence-corrected chi connectivity index (χ0v) is 13.4. The molecule has 0 spiro atoms. The Bertz CT molecular complexity index is 613. The lowest BCUT2D eigenvalue weighted by molar-refractivity contribution is -1.18. The molecule has 5 rings (SSSR count).